The Kier molecular flexibility index (Phi) is 8.22. The summed E-state index contributed by atoms with van der Waals surface area (Å²) >= 11 is 0. The topological polar surface area (TPSA) is 153 Å². The molecule has 0 aliphatic carbocycles. The van der Waals surface area contributed by atoms with E-state index in [-0.39, 0.29) is 39.1 Å². The quantitative estimate of drug-likeness (QED) is 0.319. The first-order valence-electron chi connectivity index (χ1n) is 5.70. The zero-order valence-electron chi connectivity index (χ0n) is 10.4. The number of nitrogens with zero attached hydrogens (tertiary/aromatic N) is 1. The molecule has 0 heterocycles. The van der Waals surface area contributed by atoms with Crippen molar-refractivity contribution in [1.82, 2.24) is 10.2 Å². The Morgan fingerprint density at radius 1 is 1.16 bits per heavy atom. The molecule has 1 atom stereocenters. The summed E-state index contributed by atoms with van der Waals surface area (Å²) in [5.41, 5.74) is 4.91. The van der Waals surface area contributed by atoms with Gasteiger partial charge in [-0.2, -0.15) is 0 Å². The minimum atomic E-state index is -1.29. The average Bonchev–Trinajstić information content (AvgIpc) is 2.33. The summed E-state index contributed by atoms with van der Waals surface area (Å²) in [6.45, 7) is -0.692. The van der Waals surface area contributed by atoms with Crippen LogP contribution in [0.25, 0.3) is 0 Å². The predicted octanol–water partition coefficient (Wildman–Crippen LogP) is -2.30. The van der Waals surface area contributed by atoms with E-state index in [9.17, 15) is 14.4 Å². The van der Waals surface area contributed by atoms with E-state index in [0.29, 0.717) is 0 Å². The molecule has 9 nitrogen and oxygen atoms in total. The molecule has 0 radical (unpaired) electrons. The fraction of sp³-hybridized carbons (Fsp3) is 0.700. The van der Waals surface area contributed by atoms with Gasteiger partial charge in [-0.3, -0.25) is 4.79 Å². The van der Waals surface area contributed by atoms with Crippen LogP contribution in [0, 0.1) is 0 Å². The molecule has 0 aliphatic rings. The largest absolute Gasteiger partial charge is 0.480 e. The molecule has 0 rings (SSSR count). The lowest BCUT2D eigenvalue weighted by molar-refractivity contribution is -0.139. The van der Waals surface area contributed by atoms with Gasteiger partial charge in [-0.05, 0) is 6.42 Å². The van der Waals surface area contributed by atoms with E-state index in [0.717, 1.165) is 4.90 Å². The van der Waals surface area contributed by atoms with Crippen molar-refractivity contribution in [2.24, 2.45) is 5.73 Å². The highest BCUT2D eigenvalue weighted by molar-refractivity contribution is 5.83. The number of carboxylic acids is 1. The van der Waals surface area contributed by atoms with Gasteiger partial charge in [-0.15, -0.1) is 0 Å². The van der Waals surface area contributed by atoms with Gasteiger partial charge in [-0.25, -0.2) is 9.59 Å². The number of carbonyl (C=O) groups is 3. The highest BCUT2D eigenvalue weighted by Crippen LogP contribution is 1.99. The van der Waals surface area contributed by atoms with Crippen molar-refractivity contribution in [2.45, 2.75) is 18.9 Å². The summed E-state index contributed by atoms with van der Waals surface area (Å²) in [6, 6.07) is -1.99. The minimum Gasteiger partial charge on any atom is -0.480 e. The zero-order chi connectivity index (χ0) is 14.8. The minimum absolute atomic E-state index is 0.0332. The maximum atomic E-state index is 11.7. The van der Waals surface area contributed by atoms with Crippen LogP contribution in [-0.4, -0.2) is 70.5 Å². The number of primary amides is 1. The van der Waals surface area contributed by atoms with E-state index < -0.39 is 23.9 Å². The SMILES string of the molecule is NC(=O)CCC(NC(=O)N(CCO)CCO)C(=O)O. The van der Waals surface area contributed by atoms with Gasteiger partial charge in [0.25, 0.3) is 0 Å². The van der Waals surface area contributed by atoms with Gasteiger partial charge in [0.1, 0.15) is 6.04 Å². The van der Waals surface area contributed by atoms with Crippen LogP contribution in [0.5, 0.6) is 0 Å². The first-order valence-corrected chi connectivity index (χ1v) is 5.70. The molecular weight excluding hydrogens is 258 g/mol. The summed E-state index contributed by atoms with van der Waals surface area (Å²) in [4.78, 5) is 34.3. The van der Waals surface area contributed by atoms with Gasteiger partial charge in [0.2, 0.25) is 5.91 Å². The van der Waals surface area contributed by atoms with E-state index in [1.165, 1.54) is 0 Å². The fourth-order valence-electron chi connectivity index (χ4n) is 1.34. The van der Waals surface area contributed by atoms with E-state index in [1.54, 1.807) is 0 Å². The Labute approximate surface area is 110 Å². The van der Waals surface area contributed by atoms with Crippen molar-refractivity contribution < 1.29 is 29.7 Å². The molecule has 3 amide bonds. The second-order valence-corrected chi connectivity index (χ2v) is 3.78. The van der Waals surface area contributed by atoms with Crippen molar-refractivity contribution in [2.75, 3.05) is 26.3 Å². The Bertz CT molecular complexity index is 316. The van der Waals surface area contributed by atoms with Crippen LogP contribution < -0.4 is 11.1 Å². The molecule has 0 fully saturated rings. The standard InChI is InChI=1S/C10H19N3O6/c11-8(16)2-1-7(9(17)18)12-10(19)13(3-5-14)4-6-15/h7,14-15H,1-6H2,(H2,11,16)(H,12,19)(H,17,18). The van der Waals surface area contributed by atoms with Crippen LogP contribution in [0.1, 0.15) is 12.8 Å². The zero-order valence-corrected chi connectivity index (χ0v) is 10.4. The number of carboxylic acid groups (broad SMARTS) is 1. The lowest BCUT2D eigenvalue weighted by Gasteiger charge is -2.23. The van der Waals surface area contributed by atoms with Gasteiger partial charge >= 0.3 is 12.0 Å². The maximum Gasteiger partial charge on any atom is 0.326 e. The Balaban J connectivity index is 4.49. The van der Waals surface area contributed by atoms with Crippen LogP contribution in [0.2, 0.25) is 0 Å². The average molecular weight is 277 g/mol. The van der Waals surface area contributed by atoms with Gasteiger partial charge in [0.05, 0.1) is 13.2 Å². The molecule has 0 saturated heterocycles. The van der Waals surface area contributed by atoms with Crippen molar-refractivity contribution in [3.8, 4) is 0 Å². The number of urea groups is 1. The van der Waals surface area contributed by atoms with E-state index in [1.807, 2.05) is 0 Å². The molecule has 0 aliphatic heterocycles. The highest BCUT2D eigenvalue weighted by atomic mass is 16.4. The van der Waals surface area contributed by atoms with E-state index >= 15 is 0 Å². The summed E-state index contributed by atoms with van der Waals surface area (Å²) in [7, 11) is 0. The normalized spacial score (nSPS) is 11.7. The van der Waals surface area contributed by atoms with Gasteiger partial charge in [-0.1, -0.05) is 0 Å². The van der Waals surface area contributed by atoms with Gasteiger partial charge < -0.3 is 31.3 Å². The Morgan fingerprint density at radius 3 is 2.05 bits per heavy atom. The van der Waals surface area contributed by atoms with E-state index in [2.05, 4.69) is 5.32 Å². The molecule has 1 unspecified atom stereocenters. The van der Waals surface area contributed by atoms with Crippen LogP contribution in [0.4, 0.5) is 4.79 Å². The first kappa shape index (κ1) is 17.1. The molecule has 0 aromatic carbocycles. The van der Waals surface area contributed by atoms with Crippen LogP contribution in [-0.2, 0) is 9.59 Å². The molecular formula is C10H19N3O6. The summed E-state index contributed by atoms with van der Waals surface area (Å²) in [5.74, 6) is -1.95. The first-order chi connectivity index (χ1) is 8.92. The third kappa shape index (κ3) is 7.21. The molecule has 0 aromatic heterocycles. The number of rotatable bonds is 9. The van der Waals surface area contributed by atoms with Crippen molar-refractivity contribution in [3.63, 3.8) is 0 Å². The van der Waals surface area contributed by atoms with Crippen LogP contribution in [0.3, 0.4) is 0 Å². The lowest BCUT2D eigenvalue weighted by Crippen LogP contribution is -2.49. The van der Waals surface area contributed by atoms with Crippen molar-refractivity contribution in [3.05, 3.63) is 0 Å². The van der Waals surface area contributed by atoms with Crippen molar-refractivity contribution >= 4 is 17.9 Å². The number of aliphatic carboxylic acids is 1. The number of aliphatic hydroxyl groups excluding tert-OH is 2. The number of nitrogens with one attached hydrogen (secondary N) is 1. The molecule has 9 heteroatoms. The monoisotopic (exact) mass is 277 g/mol. The van der Waals surface area contributed by atoms with Gasteiger partial charge in [0.15, 0.2) is 0 Å². The van der Waals surface area contributed by atoms with E-state index in [4.69, 9.17) is 21.1 Å². The highest BCUT2D eigenvalue weighted by Gasteiger charge is 2.23. The van der Waals surface area contributed by atoms with Crippen molar-refractivity contribution in [1.29, 1.82) is 0 Å². The third-order valence-electron chi connectivity index (χ3n) is 2.30. The molecule has 0 saturated carbocycles. The molecule has 6 N–H and O–H groups in total. The number of amides is 3. The molecule has 0 spiro atoms. The fourth-order valence-corrected chi connectivity index (χ4v) is 1.34. The van der Waals surface area contributed by atoms with Crippen LogP contribution in [0.15, 0.2) is 0 Å². The summed E-state index contributed by atoms with van der Waals surface area (Å²) in [6.07, 6.45) is -0.292. The number of aliphatic hydroxyl groups is 2. The molecule has 0 bridgehead atoms. The number of carbonyl (C=O) groups excluding carboxylic acids is 2. The lowest BCUT2D eigenvalue weighted by atomic mass is 10.1. The second kappa shape index (κ2) is 9.11. The number of hydrogen-bond acceptors (Lipinski definition) is 5. The maximum absolute atomic E-state index is 11.7. The summed E-state index contributed by atoms with van der Waals surface area (Å²) in [5, 5.41) is 28.6. The Morgan fingerprint density at radius 2 is 1.68 bits per heavy atom. The van der Waals surface area contributed by atoms with Crippen LogP contribution >= 0.6 is 0 Å². The number of nitrogens with two attached hydrogens (primary N) is 1. The Hall–Kier alpha value is -1.87. The molecule has 0 aromatic rings. The molecule has 110 valence electrons. The predicted molar refractivity (Wildman–Crippen MR) is 64.1 cm³/mol. The van der Waals surface area contributed by atoms with Gasteiger partial charge in [0, 0.05) is 19.5 Å². The molecule has 19 heavy (non-hydrogen) atoms. The third-order valence-corrected chi connectivity index (χ3v) is 2.30. The smallest absolute Gasteiger partial charge is 0.326 e. The summed E-state index contributed by atoms with van der Waals surface area (Å²) < 4.78 is 0. The second-order valence-electron chi connectivity index (χ2n) is 3.78. The number of hydrogen-bond donors (Lipinski definition) is 5.